The van der Waals surface area contributed by atoms with E-state index in [0.717, 1.165) is 0 Å². The van der Waals surface area contributed by atoms with Crippen LogP contribution in [-0.4, -0.2) is 30.4 Å². The molecule has 0 unspecified atom stereocenters. The van der Waals surface area contributed by atoms with E-state index in [9.17, 15) is 0 Å². The molecule has 0 amide bonds. The third-order valence-electron chi connectivity index (χ3n) is 1.20. The van der Waals surface area contributed by atoms with Crippen molar-refractivity contribution in [1.29, 1.82) is 0 Å². The monoisotopic (exact) mass is 160 g/mol. The molecule has 2 heterocycles. The van der Waals surface area contributed by atoms with Crippen molar-refractivity contribution in [3.05, 3.63) is 24.9 Å². The highest BCUT2D eigenvalue weighted by atomic mass is 15.3. The van der Waals surface area contributed by atoms with Gasteiger partial charge in [-0.25, -0.2) is 4.98 Å². The average Bonchev–Trinajstić information content (AvgIpc) is 2.21. The van der Waals surface area contributed by atoms with Gasteiger partial charge < -0.3 is 0 Å². The van der Waals surface area contributed by atoms with Crippen LogP contribution >= 0.6 is 0 Å². The molecular formula is C6H4N6. The van der Waals surface area contributed by atoms with Gasteiger partial charge in [0.2, 0.25) is 5.82 Å². The van der Waals surface area contributed by atoms with Crippen molar-refractivity contribution in [2.24, 2.45) is 0 Å². The molecule has 0 aromatic carbocycles. The molecule has 0 N–H and O–H groups in total. The zero-order chi connectivity index (χ0) is 8.23. The second-order valence-electron chi connectivity index (χ2n) is 1.96. The zero-order valence-corrected chi connectivity index (χ0v) is 5.99. The van der Waals surface area contributed by atoms with Gasteiger partial charge in [-0.15, -0.1) is 20.4 Å². The second-order valence-corrected chi connectivity index (χ2v) is 1.96. The highest BCUT2D eigenvalue weighted by Crippen LogP contribution is 2.04. The molecule has 0 aliphatic carbocycles. The molecule has 0 aliphatic rings. The van der Waals surface area contributed by atoms with E-state index in [-0.39, 0.29) is 0 Å². The fourth-order valence-corrected chi connectivity index (χ4v) is 0.721. The van der Waals surface area contributed by atoms with Gasteiger partial charge in [-0.2, -0.15) is 0 Å². The van der Waals surface area contributed by atoms with Crippen LogP contribution in [-0.2, 0) is 0 Å². The minimum atomic E-state index is 0.380. The summed E-state index contributed by atoms with van der Waals surface area (Å²) in [5, 5.41) is 14.6. The maximum absolute atomic E-state index is 3.98. The quantitative estimate of drug-likeness (QED) is 0.571. The van der Waals surface area contributed by atoms with E-state index in [1.54, 1.807) is 18.6 Å². The van der Waals surface area contributed by atoms with Crippen LogP contribution in [0.4, 0.5) is 0 Å². The van der Waals surface area contributed by atoms with E-state index in [1.807, 2.05) is 0 Å². The summed E-state index contributed by atoms with van der Waals surface area (Å²) in [6.07, 6.45) is 5.96. The van der Waals surface area contributed by atoms with Crippen molar-refractivity contribution in [2.75, 3.05) is 0 Å². The van der Waals surface area contributed by atoms with E-state index in [2.05, 4.69) is 30.4 Å². The zero-order valence-electron chi connectivity index (χ0n) is 5.99. The number of rotatable bonds is 1. The van der Waals surface area contributed by atoms with E-state index in [4.69, 9.17) is 0 Å². The van der Waals surface area contributed by atoms with Crippen LogP contribution in [0.15, 0.2) is 24.9 Å². The molecule has 0 saturated carbocycles. The van der Waals surface area contributed by atoms with Gasteiger partial charge in [0, 0.05) is 12.4 Å². The Morgan fingerprint density at radius 3 is 2.50 bits per heavy atom. The predicted octanol–water partition coefficient (Wildman–Crippen LogP) is -0.276. The van der Waals surface area contributed by atoms with Gasteiger partial charge in [-0.3, -0.25) is 4.98 Å². The summed E-state index contributed by atoms with van der Waals surface area (Å²) < 4.78 is 0. The Balaban J connectivity index is 2.46. The summed E-state index contributed by atoms with van der Waals surface area (Å²) >= 11 is 0. The summed E-state index contributed by atoms with van der Waals surface area (Å²) in [5.74, 6) is 0.380. The minimum Gasteiger partial charge on any atom is -0.261 e. The van der Waals surface area contributed by atoms with Crippen LogP contribution in [0.2, 0.25) is 0 Å². The molecule has 0 spiro atoms. The molecule has 6 nitrogen and oxygen atoms in total. The molecular weight excluding hydrogens is 156 g/mol. The number of hydrogen-bond acceptors (Lipinski definition) is 6. The molecule has 2 aromatic rings. The highest BCUT2D eigenvalue weighted by Gasteiger charge is 2.00. The van der Waals surface area contributed by atoms with Crippen LogP contribution in [0.1, 0.15) is 0 Å². The van der Waals surface area contributed by atoms with E-state index in [0.29, 0.717) is 11.5 Å². The summed E-state index contributed by atoms with van der Waals surface area (Å²) in [6, 6.07) is 0. The van der Waals surface area contributed by atoms with Crippen LogP contribution in [0.25, 0.3) is 11.5 Å². The van der Waals surface area contributed by atoms with Crippen molar-refractivity contribution < 1.29 is 0 Å². The molecule has 2 aromatic heterocycles. The third-order valence-corrected chi connectivity index (χ3v) is 1.20. The summed E-state index contributed by atoms with van der Waals surface area (Å²) in [4.78, 5) is 7.84. The first kappa shape index (κ1) is 6.71. The molecule has 0 fully saturated rings. The molecule has 12 heavy (non-hydrogen) atoms. The standard InChI is InChI=1S/C6H4N6/c1-2-8-5(3-7-1)6-11-9-4-10-12-6/h1-4H. The lowest BCUT2D eigenvalue weighted by atomic mass is 10.4. The molecule has 58 valence electrons. The average molecular weight is 160 g/mol. The minimum absolute atomic E-state index is 0.380. The Kier molecular flexibility index (Phi) is 1.65. The Hall–Kier alpha value is -1.98. The summed E-state index contributed by atoms with van der Waals surface area (Å²) in [6.45, 7) is 0. The van der Waals surface area contributed by atoms with Gasteiger partial charge in [-0.1, -0.05) is 0 Å². The molecule has 2 rings (SSSR count). The van der Waals surface area contributed by atoms with Crippen LogP contribution in [0.5, 0.6) is 0 Å². The Bertz CT molecular complexity index is 309. The molecule has 6 heteroatoms. The lowest BCUT2D eigenvalue weighted by Crippen LogP contribution is -1.95. The smallest absolute Gasteiger partial charge is 0.223 e. The molecule has 0 radical (unpaired) electrons. The van der Waals surface area contributed by atoms with Crippen molar-refractivity contribution in [3.8, 4) is 11.5 Å². The second kappa shape index (κ2) is 2.95. The van der Waals surface area contributed by atoms with Crippen molar-refractivity contribution in [2.45, 2.75) is 0 Å². The van der Waals surface area contributed by atoms with E-state index in [1.165, 1.54) is 6.33 Å². The number of hydrogen-bond donors (Lipinski definition) is 0. The van der Waals surface area contributed by atoms with Gasteiger partial charge >= 0.3 is 0 Å². The van der Waals surface area contributed by atoms with E-state index < -0.39 is 0 Å². The molecule has 0 saturated heterocycles. The van der Waals surface area contributed by atoms with Gasteiger partial charge in [-0.05, 0) is 0 Å². The van der Waals surface area contributed by atoms with Gasteiger partial charge in [0.25, 0.3) is 0 Å². The number of nitrogens with zero attached hydrogens (tertiary/aromatic N) is 6. The van der Waals surface area contributed by atoms with Gasteiger partial charge in [0.15, 0.2) is 6.33 Å². The number of aromatic nitrogens is 6. The molecule has 0 atom stereocenters. The van der Waals surface area contributed by atoms with Gasteiger partial charge in [0.05, 0.1) is 6.20 Å². The topological polar surface area (TPSA) is 77.3 Å². The molecule has 0 bridgehead atoms. The van der Waals surface area contributed by atoms with Crippen LogP contribution < -0.4 is 0 Å². The highest BCUT2D eigenvalue weighted by molar-refractivity contribution is 5.44. The SMILES string of the molecule is c1cnc(-c2nncnn2)cn1. The largest absolute Gasteiger partial charge is 0.261 e. The van der Waals surface area contributed by atoms with Crippen molar-refractivity contribution in [1.82, 2.24) is 30.4 Å². The van der Waals surface area contributed by atoms with Crippen molar-refractivity contribution >= 4 is 0 Å². The summed E-state index contributed by atoms with van der Waals surface area (Å²) in [7, 11) is 0. The maximum atomic E-state index is 3.98. The summed E-state index contributed by atoms with van der Waals surface area (Å²) in [5.41, 5.74) is 0.568. The lowest BCUT2D eigenvalue weighted by molar-refractivity contribution is 0.857. The normalized spacial score (nSPS) is 9.67. The Morgan fingerprint density at radius 2 is 1.83 bits per heavy atom. The Labute approximate surface area is 67.7 Å². The predicted molar refractivity (Wildman–Crippen MR) is 38.6 cm³/mol. The van der Waals surface area contributed by atoms with Crippen LogP contribution in [0.3, 0.4) is 0 Å². The van der Waals surface area contributed by atoms with Crippen molar-refractivity contribution in [3.63, 3.8) is 0 Å². The van der Waals surface area contributed by atoms with E-state index >= 15 is 0 Å². The first-order valence-electron chi connectivity index (χ1n) is 3.23. The van der Waals surface area contributed by atoms with Crippen LogP contribution in [0, 0.1) is 0 Å². The molecule has 0 aliphatic heterocycles. The third kappa shape index (κ3) is 1.22. The maximum Gasteiger partial charge on any atom is 0.223 e. The fourth-order valence-electron chi connectivity index (χ4n) is 0.721. The fraction of sp³-hybridized carbons (Fsp3) is 0. The Morgan fingerprint density at radius 1 is 1.00 bits per heavy atom. The lowest BCUT2D eigenvalue weighted by Gasteiger charge is -1.92. The first-order chi connectivity index (χ1) is 5.97. The first-order valence-corrected chi connectivity index (χ1v) is 3.23. The van der Waals surface area contributed by atoms with Gasteiger partial charge in [0.1, 0.15) is 5.69 Å².